The Morgan fingerprint density at radius 3 is 3.06 bits per heavy atom. The van der Waals surface area contributed by atoms with Crippen LogP contribution in [0.1, 0.15) is 36.0 Å². The van der Waals surface area contributed by atoms with Crippen molar-refractivity contribution in [2.45, 2.75) is 32.8 Å². The Balaban J connectivity index is 2.04. The van der Waals surface area contributed by atoms with Crippen LogP contribution in [0.25, 0.3) is 0 Å². The molecule has 2 atom stereocenters. The van der Waals surface area contributed by atoms with Crippen molar-refractivity contribution < 1.29 is 14.4 Å². The fourth-order valence-electron chi connectivity index (χ4n) is 2.21. The molecule has 0 spiro atoms. The zero-order valence-corrected chi connectivity index (χ0v) is 10.2. The molecule has 2 heterocycles. The lowest BCUT2D eigenvalue weighted by atomic mass is 9.93. The normalized spacial score (nSPS) is 22.5. The molecule has 17 heavy (non-hydrogen) atoms. The molecule has 5 nitrogen and oxygen atoms in total. The standard InChI is InChI=1S/C12H18N2O3/c1-8-6-11(17-13-8)12(16)14-5-3-4-10(7-14)9(2)15/h6,9-10,15H,3-5,7H2,1-2H3. The van der Waals surface area contributed by atoms with Crippen molar-refractivity contribution in [3.8, 4) is 0 Å². The summed E-state index contributed by atoms with van der Waals surface area (Å²) in [6.45, 7) is 4.88. The van der Waals surface area contributed by atoms with Crippen LogP contribution in [0.2, 0.25) is 0 Å². The number of hydrogen-bond acceptors (Lipinski definition) is 4. The van der Waals surface area contributed by atoms with Crippen molar-refractivity contribution in [2.24, 2.45) is 5.92 Å². The van der Waals surface area contributed by atoms with E-state index < -0.39 is 0 Å². The number of aliphatic hydroxyl groups excluding tert-OH is 1. The second-order valence-electron chi connectivity index (χ2n) is 4.73. The number of hydrogen-bond donors (Lipinski definition) is 1. The molecule has 5 heteroatoms. The Morgan fingerprint density at radius 2 is 2.47 bits per heavy atom. The largest absolute Gasteiger partial charge is 0.393 e. The van der Waals surface area contributed by atoms with Gasteiger partial charge in [0.2, 0.25) is 5.76 Å². The molecule has 1 fully saturated rings. The molecule has 1 N–H and O–H groups in total. The molecule has 0 aromatic carbocycles. The molecule has 2 unspecified atom stereocenters. The molecule has 0 radical (unpaired) electrons. The van der Waals surface area contributed by atoms with E-state index in [1.165, 1.54) is 0 Å². The molecule has 0 bridgehead atoms. The van der Waals surface area contributed by atoms with Gasteiger partial charge in [0.1, 0.15) is 0 Å². The van der Waals surface area contributed by atoms with Crippen LogP contribution >= 0.6 is 0 Å². The summed E-state index contributed by atoms with van der Waals surface area (Å²) in [4.78, 5) is 13.8. The summed E-state index contributed by atoms with van der Waals surface area (Å²) in [5, 5.41) is 13.3. The van der Waals surface area contributed by atoms with Gasteiger partial charge in [0.15, 0.2) is 0 Å². The van der Waals surface area contributed by atoms with Gasteiger partial charge in [-0.2, -0.15) is 0 Å². The molecule has 1 amide bonds. The summed E-state index contributed by atoms with van der Waals surface area (Å²) >= 11 is 0. The Labute approximate surface area is 100 Å². The number of amides is 1. The van der Waals surface area contributed by atoms with Crippen LogP contribution in [0.5, 0.6) is 0 Å². The minimum absolute atomic E-state index is 0.129. The van der Waals surface area contributed by atoms with Crippen molar-refractivity contribution in [1.29, 1.82) is 0 Å². The first-order valence-electron chi connectivity index (χ1n) is 5.98. The monoisotopic (exact) mass is 238 g/mol. The molecule has 1 aliphatic heterocycles. The molecule has 94 valence electrons. The van der Waals surface area contributed by atoms with Gasteiger partial charge in [0, 0.05) is 25.1 Å². The Bertz CT molecular complexity index is 400. The van der Waals surface area contributed by atoms with Gasteiger partial charge >= 0.3 is 0 Å². The van der Waals surface area contributed by atoms with Crippen molar-refractivity contribution >= 4 is 5.91 Å². The van der Waals surface area contributed by atoms with Crippen LogP contribution in [-0.4, -0.2) is 40.3 Å². The summed E-state index contributed by atoms with van der Waals surface area (Å²) in [6, 6.07) is 1.65. The third kappa shape index (κ3) is 2.66. The number of aryl methyl sites for hydroxylation is 1. The van der Waals surface area contributed by atoms with Crippen LogP contribution in [-0.2, 0) is 0 Å². The molecule has 0 saturated carbocycles. The van der Waals surface area contributed by atoms with E-state index in [0.29, 0.717) is 12.2 Å². The number of piperidine rings is 1. The van der Waals surface area contributed by atoms with Gasteiger partial charge in [-0.05, 0) is 26.7 Å². The van der Waals surface area contributed by atoms with Crippen LogP contribution < -0.4 is 0 Å². The topological polar surface area (TPSA) is 66.6 Å². The second kappa shape index (κ2) is 4.87. The highest BCUT2D eigenvalue weighted by molar-refractivity contribution is 5.91. The molecule has 1 aliphatic rings. The van der Waals surface area contributed by atoms with E-state index in [1.54, 1.807) is 24.8 Å². The lowest BCUT2D eigenvalue weighted by molar-refractivity contribution is 0.0436. The van der Waals surface area contributed by atoms with E-state index >= 15 is 0 Å². The number of carbonyl (C=O) groups excluding carboxylic acids is 1. The fraction of sp³-hybridized carbons (Fsp3) is 0.667. The maximum atomic E-state index is 12.1. The number of nitrogens with zero attached hydrogens (tertiary/aromatic N) is 2. The van der Waals surface area contributed by atoms with Gasteiger partial charge in [0.05, 0.1) is 11.8 Å². The molecular formula is C12H18N2O3. The first kappa shape index (κ1) is 12.1. The van der Waals surface area contributed by atoms with E-state index in [4.69, 9.17) is 4.52 Å². The minimum Gasteiger partial charge on any atom is -0.393 e. The van der Waals surface area contributed by atoms with Gasteiger partial charge in [-0.15, -0.1) is 0 Å². The van der Waals surface area contributed by atoms with E-state index in [2.05, 4.69) is 5.16 Å². The van der Waals surface area contributed by atoms with Crippen molar-refractivity contribution in [3.63, 3.8) is 0 Å². The smallest absolute Gasteiger partial charge is 0.292 e. The van der Waals surface area contributed by atoms with Crippen molar-refractivity contribution in [3.05, 3.63) is 17.5 Å². The first-order valence-corrected chi connectivity index (χ1v) is 5.98. The average molecular weight is 238 g/mol. The Hall–Kier alpha value is -1.36. The van der Waals surface area contributed by atoms with Gasteiger partial charge in [0.25, 0.3) is 5.91 Å². The van der Waals surface area contributed by atoms with E-state index in [0.717, 1.165) is 19.4 Å². The number of rotatable bonds is 2. The Morgan fingerprint density at radius 1 is 1.71 bits per heavy atom. The lowest BCUT2D eigenvalue weighted by Crippen LogP contribution is -2.42. The summed E-state index contributed by atoms with van der Waals surface area (Å²) in [5.74, 6) is 0.321. The number of likely N-dealkylation sites (tertiary alicyclic amines) is 1. The van der Waals surface area contributed by atoms with Crippen LogP contribution in [0.3, 0.4) is 0 Å². The molecule has 1 aromatic heterocycles. The predicted octanol–water partition coefficient (Wildman–Crippen LogP) is 1.22. The fourth-order valence-corrected chi connectivity index (χ4v) is 2.21. The van der Waals surface area contributed by atoms with Crippen LogP contribution in [0, 0.1) is 12.8 Å². The van der Waals surface area contributed by atoms with Gasteiger partial charge < -0.3 is 14.5 Å². The van der Waals surface area contributed by atoms with E-state index in [1.807, 2.05) is 0 Å². The Kier molecular flexibility index (Phi) is 3.47. The van der Waals surface area contributed by atoms with Gasteiger partial charge in [-0.1, -0.05) is 5.16 Å². The maximum absolute atomic E-state index is 12.1. The van der Waals surface area contributed by atoms with Crippen molar-refractivity contribution in [2.75, 3.05) is 13.1 Å². The third-order valence-electron chi connectivity index (χ3n) is 3.27. The summed E-state index contributed by atoms with van der Waals surface area (Å²) in [6.07, 6.45) is 1.52. The highest BCUT2D eigenvalue weighted by Gasteiger charge is 2.28. The van der Waals surface area contributed by atoms with Crippen LogP contribution in [0.4, 0.5) is 0 Å². The lowest BCUT2D eigenvalue weighted by Gasteiger charge is -2.33. The van der Waals surface area contributed by atoms with Gasteiger partial charge in [-0.25, -0.2) is 0 Å². The first-order chi connectivity index (χ1) is 8.08. The molecular weight excluding hydrogens is 220 g/mol. The van der Waals surface area contributed by atoms with Gasteiger partial charge in [-0.3, -0.25) is 4.79 Å². The van der Waals surface area contributed by atoms with E-state index in [9.17, 15) is 9.90 Å². The molecule has 2 rings (SSSR count). The highest BCUT2D eigenvalue weighted by Crippen LogP contribution is 2.21. The number of aromatic nitrogens is 1. The third-order valence-corrected chi connectivity index (χ3v) is 3.27. The van der Waals surface area contributed by atoms with Crippen LogP contribution in [0.15, 0.2) is 10.6 Å². The molecule has 0 aliphatic carbocycles. The minimum atomic E-state index is -0.373. The SMILES string of the molecule is Cc1cc(C(=O)N2CCCC(C(C)O)C2)on1. The van der Waals surface area contributed by atoms with Crippen molar-refractivity contribution in [1.82, 2.24) is 10.1 Å². The average Bonchev–Trinajstić information content (AvgIpc) is 2.75. The predicted molar refractivity (Wildman–Crippen MR) is 61.5 cm³/mol. The van der Waals surface area contributed by atoms with E-state index in [-0.39, 0.29) is 23.7 Å². The highest BCUT2D eigenvalue weighted by atomic mass is 16.5. The summed E-state index contributed by atoms with van der Waals surface area (Å²) < 4.78 is 4.97. The second-order valence-corrected chi connectivity index (χ2v) is 4.73. The maximum Gasteiger partial charge on any atom is 0.292 e. The zero-order chi connectivity index (χ0) is 12.4. The zero-order valence-electron chi connectivity index (χ0n) is 10.2. The molecule has 1 saturated heterocycles. The number of aliphatic hydroxyl groups is 1. The quantitative estimate of drug-likeness (QED) is 0.841. The number of carbonyl (C=O) groups is 1. The molecule has 1 aromatic rings. The summed E-state index contributed by atoms with van der Waals surface area (Å²) in [5.41, 5.74) is 0.706. The summed E-state index contributed by atoms with van der Waals surface area (Å²) in [7, 11) is 0.